The molecular formula is C7H5ClO3S. The average molecular weight is 205 g/mol. The Kier molecular flexibility index (Phi) is 2.83. The van der Waals surface area contributed by atoms with Crippen molar-refractivity contribution in [2.45, 2.75) is 0 Å². The third-order valence-corrected chi connectivity index (χ3v) is 2.57. The summed E-state index contributed by atoms with van der Waals surface area (Å²) >= 11 is 6.23. The molecule has 12 heavy (non-hydrogen) atoms. The molecule has 1 rings (SSSR count). The Balaban J connectivity index is 2.91. The number of alkyl halides is 1. The molecule has 0 aliphatic rings. The molecule has 1 N–H and O–H groups in total. The summed E-state index contributed by atoms with van der Waals surface area (Å²) in [5.74, 6) is -1.37. The number of aromatic carboxylic acids is 1. The van der Waals surface area contributed by atoms with Gasteiger partial charge in [0.05, 0.1) is 10.8 Å². The maximum Gasteiger partial charge on any atom is 0.345 e. The van der Waals surface area contributed by atoms with E-state index in [2.05, 4.69) is 0 Å². The van der Waals surface area contributed by atoms with Crippen molar-refractivity contribution in [2.75, 3.05) is 5.88 Å². The number of ketones is 1. The van der Waals surface area contributed by atoms with Gasteiger partial charge < -0.3 is 5.11 Å². The van der Waals surface area contributed by atoms with Gasteiger partial charge in [0.2, 0.25) is 0 Å². The number of rotatable bonds is 3. The molecule has 5 heteroatoms. The third kappa shape index (κ3) is 1.84. The van der Waals surface area contributed by atoms with E-state index in [4.69, 9.17) is 16.7 Å². The van der Waals surface area contributed by atoms with Gasteiger partial charge in [0, 0.05) is 0 Å². The Morgan fingerprint density at radius 1 is 1.42 bits per heavy atom. The van der Waals surface area contributed by atoms with Crippen molar-refractivity contribution in [1.82, 2.24) is 0 Å². The molecule has 0 saturated carbocycles. The van der Waals surface area contributed by atoms with E-state index in [1.807, 2.05) is 0 Å². The second-order valence-corrected chi connectivity index (χ2v) is 3.38. The topological polar surface area (TPSA) is 54.4 Å². The van der Waals surface area contributed by atoms with E-state index in [1.54, 1.807) is 0 Å². The number of carboxylic acid groups (broad SMARTS) is 1. The quantitative estimate of drug-likeness (QED) is 0.604. The van der Waals surface area contributed by atoms with Gasteiger partial charge in [-0.3, -0.25) is 4.79 Å². The summed E-state index contributed by atoms with van der Waals surface area (Å²) in [6.07, 6.45) is 0. The summed E-state index contributed by atoms with van der Waals surface area (Å²) in [6, 6.07) is 2.87. The SMILES string of the molecule is O=C(O)c1ccc(C(=O)CCl)s1. The number of Topliss-reactive ketones (excluding diaryl/α,β-unsaturated/α-hetero) is 1. The maximum absolute atomic E-state index is 10.9. The number of thiophene rings is 1. The second kappa shape index (κ2) is 3.69. The summed E-state index contributed by atoms with van der Waals surface area (Å²) in [5, 5.41) is 8.52. The van der Waals surface area contributed by atoms with Gasteiger partial charge in [-0.2, -0.15) is 0 Å². The molecule has 64 valence electrons. The van der Waals surface area contributed by atoms with Crippen LogP contribution in [0, 0.1) is 0 Å². The molecule has 0 aliphatic carbocycles. The lowest BCUT2D eigenvalue weighted by molar-refractivity contribution is 0.0702. The molecule has 0 spiro atoms. The number of carbonyl (C=O) groups is 2. The molecule has 0 radical (unpaired) electrons. The van der Waals surface area contributed by atoms with Crippen LogP contribution in [0.1, 0.15) is 19.3 Å². The van der Waals surface area contributed by atoms with E-state index in [-0.39, 0.29) is 16.5 Å². The van der Waals surface area contributed by atoms with Crippen LogP contribution in [0.15, 0.2) is 12.1 Å². The van der Waals surface area contributed by atoms with Crippen LogP contribution in [-0.2, 0) is 0 Å². The van der Waals surface area contributed by atoms with Crippen molar-refractivity contribution in [1.29, 1.82) is 0 Å². The molecule has 1 aromatic rings. The highest BCUT2D eigenvalue weighted by Gasteiger charge is 2.11. The zero-order valence-corrected chi connectivity index (χ0v) is 7.48. The monoisotopic (exact) mass is 204 g/mol. The van der Waals surface area contributed by atoms with Crippen LogP contribution in [0.25, 0.3) is 0 Å². The molecule has 3 nitrogen and oxygen atoms in total. The largest absolute Gasteiger partial charge is 0.477 e. The van der Waals surface area contributed by atoms with Crippen molar-refractivity contribution in [3.05, 3.63) is 21.9 Å². The smallest absolute Gasteiger partial charge is 0.345 e. The lowest BCUT2D eigenvalue weighted by Gasteiger charge is -1.86. The van der Waals surface area contributed by atoms with Crippen molar-refractivity contribution in [3.63, 3.8) is 0 Å². The van der Waals surface area contributed by atoms with Crippen LogP contribution >= 0.6 is 22.9 Å². The zero-order chi connectivity index (χ0) is 9.14. The van der Waals surface area contributed by atoms with Crippen molar-refractivity contribution in [3.8, 4) is 0 Å². The highest BCUT2D eigenvalue weighted by Crippen LogP contribution is 2.17. The van der Waals surface area contributed by atoms with Gasteiger partial charge in [0.1, 0.15) is 4.88 Å². The lowest BCUT2D eigenvalue weighted by Crippen LogP contribution is -1.95. The summed E-state index contributed by atoms with van der Waals surface area (Å²) in [7, 11) is 0. The first kappa shape index (κ1) is 9.22. The van der Waals surface area contributed by atoms with Gasteiger partial charge in [0.25, 0.3) is 0 Å². The van der Waals surface area contributed by atoms with Crippen LogP contribution in [0.5, 0.6) is 0 Å². The number of hydrogen-bond donors (Lipinski definition) is 1. The Morgan fingerprint density at radius 2 is 2.00 bits per heavy atom. The first-order chi connectivity index (χ1) is 5.65. The summed E-state index contributed by atoms with van der Waals surface area (Å²) in [5.41, 5.74) is 0. The van der Waals surface area contributed by atoms with E-state index in [0.29, 0.717) is 4.88 Å². The molecule has 1 heterocycles. The molecule has 0 amide bonds. The first-order valence-corrected chi connectivity index (χ1v) is 4.42. The first-order valence-electron chi connectivity index (χ1n) is 3.07. The minimum absolute atomic E-state index is 0.112. The fraction of sp³-hybridized carbons (Fsp3) is 0.143. The normalized spacial score (nSPS) is 9.75. The molecule has 0 aliphatic heterocycles. The maximum atomic E-state index is 10.9. The van der Waals surface area contributed by atoms with E-state index >= 15 is 0 Å². The summed E-state index contributed by atoms with van der Waals surface area (Å²) in [6.45, 7) is 0. The number of carbonyl (C=O) groups excluding carboxylic acids is 1. The minimum Gasteiger partial charge on any atom is -0.477 e. The predicted molar refractivity (Wildman–Crippen MR) is 46.3 cm³/mol. The van der Waals surface area contributed by atoms with Gasteiger partial charge >= 0.3 is 5.97 Å². The molecule has 0 unspecified atom stereocenters. The van der Waals surface area contributed by atoms with Crippen molar-refractivity contribution in [2.24, 2.45) is 0 Å². The van der Waals surface area contributed by atoms with Crippen LogP contribution in [0.2, 0.25) is 0 Å². The minimum atomic E-state index is -1.02. The molecule has 0 fully saturated rings. The average Bonchev–Trinajstić information content (AvgIpc) is 2.51. The predicted octanol–water partition coefficient (Wildman–Crippen LogP) is 1.87. The fourth-order valence-electron chi connectivity index (χ4n) is 0.669. The van der Waals surface area contributed by atoms with Gasteiger partial charge in [0.15, 0.2) is 5.78 Å². The zero-order valence-electron chi connectivity index (χ0n) is 5.91. The Hall–Kier alpha value is -0.870. The van der Waals surface area contributed by atoms with Gasteiger partial charge in [-0.15, -0.1) is 22.9 Å². The summed E-state index contributed by atoms with van der Waals surface area (Å²) < 4.78 is 0. The fourth-order valence-corrected chi connectivity index (χ4v) is 1.67. The van der Waals surface area contributed by atoms with Crippen LogP contribution in [-0.4, -0.2) is 22.7 Å². The second-order valence-electron chi connectivity index (χ2n) is 2.03. The molecule has 0 saturated heterocycles. The van der Waals surface area contributed by atoms with E-state index in [0.717, 1.165) is 11.3 Å². The van der Waals surface area contributed by atoms with E-state index in [9.17, 15) is 9.59 Å². The van der Waals surface area contributed by atoms with Gasteiger partial charge in [-0.25, -0.2) is 4.79 Å². The van der Waals surface area contributed by atoms with Crippen molar-refractivity contribution < 1.29 is 14.7 Å². The van der Waals surface area contributed by atoms with Gasteiger partial charge in [-0.1, -0.05) is 0 Å². The Labute approximate surface area is 77.6 Å². The molecule has 0 atom stereocenters. The van der Waals surface area contributed by atoms with E-state index in [1.165, 1.54) is 12.1 Å². The van der Waals surface area contributed by atoms with Crippen LogP contribution in [0.4, 0.5) is 0 Å². The van der Waals surface area contributed by atoms with E-state index < -0.39 is 5.97 Å². The third-order valence-electron chi connectivity index (χ3n) is 1.21. The number of hydrogen-bond acceptors (Lipinski definition) is 3. The van der Waals surface area contributed by atoms with Crippen LogP contribution < -0.4 is 0 Å². The van der Waals surface area contributed by atoms with Crippen LogP contribution in [0.3, 0.4) is 0 Å². The standard InChI is InChI=1S/C7H5ClO3S/c8-3-4(9)5-1-2-6(12-5)7(10)11/h1-2H,3H2,(H,10,11). The number of carboxylic acids is 1. The highest BCUT2D eigenvalue weighted by atomic mass is 35.5. The molecule has 0 bridgehead atoms. The highest BCUT2D eigenvalue weighted by molar-refractivity contribution is 7.16. The molecular weight excluding hydrogens is 200 g/mol. The van der Waals surface area contributed by atoms with Crippen molar-refractivity contribution >= 4 is 34.7 Å². The lowest BCUT2D eigenvalue weighted by atomic mass is 10.3. The Bertz CT molecular complexity index is 318. The summed E-state index contributed by atoms with van der Waals surface area (Å²) in [4.78, 5) is 21.9. The molecule has 0 aromatic carbocycles. The molecule has 1 aromatic heterocycles. The van der Waals surface area contributed by atoms with Gasteiger partial charge in [-0.05, 0) is 12.1 Å². The number of halogens is 1. The Morgan fingerprint density at radius 3 is 2.42 bits per heavy atom.